The van der Waals surface area contributed by atoms with Gasteiger partial charge in [0.1, 0.15) is 5.76 Å². The summed E-state index contributed by atoms with van der Waals surface area (Å²) in [5, 5.41) is 2.86. The zero-order chi connectivity index (χ0) is 14.5. The summed E-state index contributed by atoms with van der Waals surface area (Å²) in [6.07, 6.45) is 1.57. The van der Waals surface area contributed by atoms with Crippen molar-refractivity contribution in [2.75, 3.05) is 12.3 Å². The number of carbonyl (C=O) groups excluding carboxylic acids is 1. The van der Waals surface area contributed by atoms with Crippen LogP contribution in [0.1, 0.15) is 34.4 Å². The number of halogens is 1. The average Bonchev–Trinajstić information content (AvgIpc) is 2.82. The third kappa shape index (κ3) is 4.53. The molecular formula is C16H21ClN2O2. The highest BCUT2D eigenvalue weighted by Crippen LogP contribution is 2.15. The van der Waals surface area contributed by atoms with E-state index in [0.29, 0.717) is 12.3 Å². The molecular weight excluding hydrogens is 288 g/mol. The molecule has 0 bridgehead atoms. The fourth-order valence-corrected chi connectivity index (χ4v) is 2.07. The van der Waals surface area contributed by atoms with E-state index in [9.17, 15) is 4.79 Å². The minimum absolute atomic E-state index is 0. The highest BCUT2D eigenvalue weighted by Gasteiger charge is 2.12. The Labute approximate surface area is 131 Å². The molecule has 0 spiro atoms. The predicted octanol–water partition coefficient (Wildman–Crippen LogP) is 3.13. The molecule has 3 N–H and O–H groups in total. The van der Waals surface area contributed by atoms with E-state index in [0.717, 1.165) is 35.4 Å². The number of hydrogen-bond donors (Lipinski definition) is 2. The van der Waals surface area contributed by atoms with Crippen LogP contribution in [-0.2, 0) is 12.8 Å². The molecule has 21 heavy (non-hydrogen) atoms. The van der Waals surface area contributed by atoms with Gasteiger partial charge in [0.15, 0.2) is 5.76 Å². The molecule has 0 saturated carbocycles. The normalized spacial score (nSPS) is 10.0. The highest BCUT2D eigenvalue weighted by atomic mass is 35.5. The van der Waals surface area contributed by atoms with E-state index < -0.39 is 0 Å². The molecule has 0 aliphatic rings. The maximum atomic E-state index is 11.9. The quantitative estimate of drug-likeness (QED) is 0.834. The number of amides is 1. The molecule has 1 heterocycles. The van der Waals surface area contributed by atoms with Crippen LogP contribution in [0.15, 0.2) is 34.7 Å². The Kier molecular flexibility index (Phi) is 6.31. The van der Waals surface area contributed by atoms with Gasteiger partial charge in [0.2, 0.25) is 0 Å². The average molecular weight is 309 g/mol. The van der Waals surface area contributed by atoms with E-state index in [-0.39, 0.29) is 18.3 Å². The molecule has 1 amide bonds. The van der Waals surface area contributed by atoms with Gasteiger partial charge >= 0.3 is 0 Å². The molecule has 0 aliphatic carbocycles. The van der Waals surface area contributed by atoms with Gasteiger partial charge in [-0.3, -0.25) is 4.79 Å². The van der Waals surface area contributed by atoms with E-state index in [1.54, 1.807) is 6.07 Å². The lowest BCUT2D eigenvalue weighted by Gasteiger charge is -2.04. The summed E-state index contributed by atoms with van der Waals surface area (Å²) >= 11 is 0. The van der Waals surface area contributed by atoms with Crippen molar-refractivity contribution in [2.45, 2.75) is 26.7 Å². The van der Waals surface area contributed by atoms with Crippen LogP contribution in [0, 0.1) is 6.92 Å². The van der Waals surface area contributed by atoms with Crippen molar-refractivity contribution < 1.29 is 9.21 Å². The summed E-state index contributed by atoms with van der Waals surface area (Å²) in [5.41, 5.74) is 8.54. The monoisotopic (exact) mass is 308 g/mol. The van der Waals surface area contributed by atoms with Crippen LogP contribution >= 0.6 is 12.4 Å². The summed E-state index contributed by atoms with van der Waals surface area (Å²) in [6.45, 7) is 4.53. The maximum Gasteiger partial charge on any atom is 0.287 e. The minimum Gasteiger partial charge on any atom is -0.456 e. The van der Waals surface area contributed by atoms with Gasteiger partial charge in [0.25, 0.3) is 5.91 Å². The highest BCUT2D eigenvalue weighted by molar-refractivity contribution is 5.91. The number of furan rings is 1. The number of carbonyl (C=O) groups is 1. The van der Waals surface area contributed by atoms with Crippen LogP contribution in [0.4, 0.5) is 5.69 Å². The van der Waals surface area contributed by atoms with Crippen molar-refractivity contribution in [3.63, 3.8) is 0 Å². The van der Waals surface area contributed by atoms with Crippen LogP contribution in [0.3, 0.4) is 0 Å². The molecule has 0 unspecified atom stereocenters. The molecule has 114 valence electrons. The van der Waals surface area contributed by atoms with E-state index in [4.69, 9.17) is 10.2 Å². The Bertz CT molecular complexity index is 591. The molecule has 0 atom stereocenters. The number of anilines is 1. The van der Waals surface area contributed by atoms with Gasteiger partial charge in [-0.05, 0) is 42.7 Å². The van der Waals surface area contributed by atoms with Crippen molar-refractivity contribution in [2.24, 2.45) is 0 Å². The fraction of sp³-hybridized carbons (Fsp3) is 0.312. The number of hydrogen-bond acceptors (Lipinski definition) is 3. The Morgan fingerprint density at radius 1 is 1.29 bits per heavy atom. The summed E-state index contributed by atoms with van der Waals surface area (Å²) in [5.74, 6) is 1.09. The zero-order valence-corrected chi connectivity index (χ0v) is 13.1. The second kappa shape index (κ2) is 7.74. The lowest BCUT2D eigenvalue weighted by molar-refractivity contribution is 0.0925. The first-order valence-corrected chi connectivity index (χ1v) is 6.82. The van der Waals surface area contributed by atoms with Crippen molar-refractivity contribution in [1.29, 1.82) is 0 Å². The third-order valence-corrected chi connectivity index (χ3v) is 3.24. The largest absolute Gasteiger partial charge is 0.456 e. The van der Waals surface area contributed by atoms with Gasteiger partial charge in [-0.1, -0.05) is 19.1 Å². The summed E-state index contributed by atoms with van der Waals surface area (Å²) in [4.78, 5) is 11.9. The first-order valence-electron chi connectivity index (χ1n) is 6.82. The van der Waals surface area contributed by atoms with Crippen LogP contribution in [0.2, 0.25) is 0 Å². The summed E-state index contributed by atoms with van der Waals surface area (Å²) < 4.78 is 5.52. The van der Waals surface area contributed by atoms with Crippen LogP contribution in [0.25, 0.3) is 0 Å². The van der Waals surface area contributed by atoms with Crippen LogP contribution in [0.5, 0.6) is 0 Å². The lowest BCUT2D eigenvalue weighted by Crippen LogP contribution is -2.25. The Hall–Kier alpha value is -1.94. The van der Waals surface area contributed by atoms with E-state index in [1.165, 1.54) is 0 Å². The van der Waals surface area contributed by atoms with Crippen molar-refractivity contribution in [1.82, 2.24) is 5.32 Å². The number of nitrogen functional groups attached to an aromatic ring is 1. The standard InChI is InChI=1S/C16H20N2O2.ClH/c1-3-14-11(2)10-15(20-14)16(19)18-9-8-12-4-6-13(17)7-5-12;/h4-7,10H,3,8-9,17H2,1-2H3,(H,18,19);1H. The molecule has 4 nitrogen and oxygen atoms in total. The number of nitrogens with one attached hydrogen (secondary N) is 1. The smallest absolute Gasteiger partial charge is 0.287 e. The second-order valence-corrected chi connectivity index (χ2v) is 4.82. The van der Waals surface area contributed by atoms with Crippen molar-refractivity contribution in [3.8, 4) is 0 Å². The number of rotatable bonds is 5. The number of aryl methyl sites for hydroxylation is 2. The Balaban J connectivity index is 0.00000220. The van der Waals surface area contributed by atoms with Crippen LogP contribution < -0.4 is 11.1 Å². The molecule has 0 fully saturated rings. The summed E-state index contributed by atoms with van der Waals surface area (Å²) in [7, 11) is 0. The van der Waals surface area contributed by atoms with E-state index in [1.807, 2.05) is 38.1 Å². The maximum absolute atomic E-state index is 11.9. The van der Waals surface area contributed by atoms with Crippen LogP contribution in [-0.4, -0.2) is 12.5 Å². The van der Waals surface area contributed by atoms with E-state index >= 15 is 0 Å². The molecule has 2 aromatic rings. The fourth-order valence-electron chi connectivity index (χ4n) is 2.07. The van der Waals surface area contributed by atoms with Gasteiger partial charge in [-0.2, -0.15) is 0 Å². The minimum atomic E-state index is -0.164. The van der Waals surface area contributed by atoms with Gasteiger partial charge in [-0.15, -0.1) is 12.4 Å². The first-order chi connectivity index (χ1) is 9.60. The van der Waals surface area contributed by atoms with Gasteiger partial charge < -0.3 is 15.5 Å². The molecule has 5 heteroatoms. The summed E-state index contributed by atoms with van der Waals surface area (Å²) in [6, 6.07) is 9.44. The molecule has 1 aromatic heterocycles. The molecule has 0 aliphatic heterocycles. The first kappa shape index (κ1) is 17.1. The zero-order valence-electron chi connectivity index (χ0n) is 12.3. The molecule has 2 rings (SSSR count). The Morgan fingerprint density at radius 3 is 2.52 bits per heavy atom. The van der Waals surface area contributed by atoms with E-state index in [2.05, 4.69) is 5.32 Å². The lowest BCUT2D eigenvalue weighted by atomic mass is 10.1. The number of nitrogens with two attached hydrogens (primary N) is 1. The van der Waals surface area contributed by atoms with Gasteiger partial charge in [-0.25, -0.2) is 0 Å². The Morgan fingerprint density at radius 2 is 1.95 bits per heavy atom. The topological polar surface area (TPSA) is 68.3 Å². The molecule has 0 saturated heterocycles. The number of benzene rings is 1. The van der Waals surface area contributed by atoms with Crippen molar-refractivity contribution in [3.05, 3.63) is 53.0 Å². The SMILES string of the molecule is CCc1oc(C(=O)NCCc2ccc(N)cc2)cc1C.Cl. The molecule has 1 aromatic carbocycles. The molecule has 0 radical (unpaired) electrons. The van der Waals surface area contributed by atoms with Gasteiger partial charge in [0.05, 0.1) is 0 Å². The predicted molar refractivity (Wildman–Crippen MR) is 87.0 cm³/mol. The van der Waals surface area contributed by atoms with Crippen molar-refractivity contribution >= 4 is 24.0 Å². The third-order valence-electron chi connectivity index (χ3n) is 3.24. The van der Waals surface area contributed by atoms with Gasteiger partial charge in [0, 0.05) is 18.7 Å². The second-order valence-electron chi connectivity index (χ2n) is 4.82.